The molecule has 4 amide bonds. The van der Waals surface area contributed by atoms with E-state index >= 15 is 0 Å². The van der Waals surface area contributed by atoms with Crippen molar-refractivity contribution in [1.82, 2.24) is 40.5 Å². The summed E-state index contributed by atoms with van der Waals surface area (Å²) >= 11 is 0. The highest BCUT2D eigenvalue weighted by Crippen LogP contribution is 2.33. The summed E-state index contributed by atoms with van der Waals surface area (Å²) in [5.41, 5.74) is 2.06. The fourth-order valence-corrected chi connectivity index (χ4v) is 6.44. The minimum atomic E-state index is -3.53. The number of piperidine rings is 1. The van der Waals surface area contributed by atoms with Crippen LogP contribution in [0.15, 0.2) is 53.8 Å². The van der Waals surface area contributed by atoms with Gasteiger partial charge in [0.15, 0.2) is 9.84 Å². The third-order valence-electron chi connectivity index (χ3n) is 8.13. The highest BCUT2D eigenvalue weighted by molar-refractivity contribution is 7.90. The van der Waals surface area contributed by atoms with Crippen LogP contribution >= 0.6 is 0 Å². The Bertz CT molecular complexity index is 1940. The molecule has 44 heavy (non-hydrogen) atoms. The largest absolute Gasteiger partial charge is 0.346 e. The molecule has 0 saturated carbocycles. The van der Waals surface area contributed by atoms with Crippen molar-refractivity contribution < 1.29 is 22.8 Å². The van der Waals surface area contributed by atoms with Crippen LogP contribution in [0.3, 0.4) is 0 Å². The Morgan fingerprint density at radius 3 is 2.48 bits per heavy atom. The van der Waals surface area contributed by atoms with E-state index in [1.54, 1.807) is 38.5 Å². The topological polar surface area (TPSA) is 180 Å². The van der Waals surface area contributed by atoms with E-state index in [0.29, 0.717) is 60.2 Å². The SMILES string of the molecule is Cc1ncc(C(=O)NCc2cc3nc(-c4ccnc(N5CCC6(CC5)C(=O)NC(=O)N6C)n4)ccc3cn2)cc1S(C)(=O)=O. The van der Waals surface area contributed by atoms with Gasteiger partial charge in [-0.05, 0) is 50.1 Å². The van der Waals surface area contributed by atoms with Gasteiger partial charge in [0.25, 0.3) is 11.8 Å². The molecular formula is C29H29N9O5S. The van der Waals surface area contributed by atoms with Crippen molar-refractivity contribution in [2.75, 3.05) is 31.3 Å². The van der Waals surface area contributed by atoms with Crippen molar-refractivity contribution >= 4 is 44.5 Å². The fourth-order valence-electron chi connectivity index (χ4n) is 5.51. The van der Waals surface area contributed by atoms with E-state index < -0.39 is 21.3 Å². The molecule has 6 heterocycles. The molecule has 14 nitrogen and oxygen atoms in total. The van der Waals surface area contributed by atoms with Crippen LogP contribution in [0.25, 0.3) is 22.3 Å². The van der Waals surface area contributed by atoms with E-state index in [2.05, 4.69) is 25.6 Å². The summed E-state index contributed by atoms with van der Waals surface area (Å²) in [6, 6.07) is 8.20. The van der Waals surface area contributed by atoms with Gasteiger partial charge in [0.1, 0.15) is 5.54 Å². The van der Waals surface area contributed by atoms with E-state index in [-0.39, 0.29) is 28.9 Å². The number of amides is 4. The Hall–Kier alpha value is -5.05. The molecule has 2 fully saturated rings. The maximum Gasteiger partial charge on any atom is 0.324 e. The third kappa shape index (κ3) is 5.30. The Balaban J connectivity index is 1.17. The number of hydrogen-bond donors (Lipinski definition) is 2. The van der Waals surface area contributed by atoms with Crippen LogP contribution in [0.4, 0.5) is 10.7 Å². The molecule has 15 heteroatoms. The molecule has 2 aliphatic heterocycles. The number of likely N-dealkylation sites (N-methyl/N-ethyl adjacent to an activating group) is 1. The predicted molar refractivity (Wildman–Crippen MR) is 159 cm³/mol. The van der Waals surface area contributed by atoms with Crippen molar-refractivity contribution in [3.63, 3.8) is 0 Å². The highest BCUT2D eigenvalue weighted by atomic mass is 32.2. The Morgan fingerprint density at radius 2 is 1.77 bits per heavy atom. The number of hydrogen-bond acceptors (Lipinski definition) is 11. The first-order valence-corrected chi connectivity index (χ1v) is 15.7. The second kappa shape index (κ2) is 10.9. The number of urea groups is 1. The van der Waals surface area contributed by atoms with Crippen molar-refractivity contribution in [2.45, 2.75) is 36.7 Å². The zero-order valence-corrected chi connectivity index (χ0v) is 25.1. The van der Waals surface area contributed by atoms with E-state index in [1.807, 2.05) is 17.0 Å². The minimum absolute atomic E-state index is 0.00750. The van der Waals surface area contributed by atoms with Crippen LogP contribution in [-0.4, -0.2) is 88.0 Å². The van der Waals surface area contributed by atoms with E-state index in [0.717, 1.165) is 11.6 Å². The van der Waals surface area contributed by atoms with Crippen molar-refractivity contribution in [3.8, 4) is 11.4 Å². The summed E-state index contributed by atoms with van der Waals surface area (Å²) in [4.78, 5) is 63.2. The molecule has 0 radical (unpaired) electrons. The summed E-state index contributed by atoms with van der Waals surface area (Å²) in [5.74, 6) is -0.231. The van der Waals surface area contributed by atoms with Crippen LogP contribution in [-0.2, 0) is 21.2 Å². The number of fused-ring (bicyclic) bond motifs is 1. The second-order valence-electron chi connectivity index (χ2n) is 10.9. The van der Waals surface area contributed by atoms with Gasteiger partial charge in [0.05, 0.1) is 45.3 Å². The summed E-state index contributed by atoms with van der Waals surface area (Å²) < 4.78 is 24.0. The maximum absolute atomic E-state index is 12.7. The number of carbonyl (C=O) groups is 3. The number of sulfone groups is 1. The van der Waals surface area contributed by atoms with Gasteiger partial charge in [-0.2, -0.15) is 0 Å². The zero-order chi connectivity index (χ0) is 31.2. The van der Waals surface area contributed by atoms with Crippen molar-refractivity contribution in [2.24, 2.45) is 0 Å². The first-order chi connectivity index (χ1) is 20.9. The molecule has 2 saturated heterocycles. The van der Waals surface area contributed by atoms with Gasteiger partial charge in [0, 0.05) is 50.4 Å². The van der Waals surface area contributed by atoms with Gasteiger partial charge in [-0.25, -0.2) is 28.2 Å². The van der Waals surface area contributed by atoms with E-state index in [1.165, 1.54) is 17.2 Å². The van der Waals surface area contributed by atoms with Gasteiger partial charge in [-0.3, -0.25) is 24.9 Å². The number of rotatable bonds is 6. The Morgan fingerprint density at radius 1 is 1.02 bits per heavy atom. The van der Waals surface area contributed by atoms with Crippen molar-refractivity contribution in [3.05, 3.63) is 65.9 Å². The standard InChI is InChI=1S/C29H29N9O5S/c1-17-24(44(3,42)43)12-19(15-31-17)25(39)33-16-20-13-23-18(14-32-20)4-5-21(34-23)22-6-9-30-27(35-22)38-10-7-29(8-11-38)26(40)36-28(41)37(29)2/h4-6,9,12-15H,7-8,10-11,16H2,1-3H3,(H,33,39)(H,36,40,41). The number of imide groups is 1. The molecule has 1 spiro atoms. The summed E-state index contributed by atoms with van der Waals surface area (Å²) in [7, 11) is -1.89. The number of pyridine rings is 3. The highest BCUT2D eigenvalue weighted by Gasteiger charge is 2.52. The van der Waals surface area contributed by atoms with Crippen molar-refractivity contribution in [1.29, 1.82) is 0 Å². The van der Waals surface area contributed by atoms with Gasteiger partial charge >= 0.3 is 6.03 Å². The Kier molecular flexibility index (Phi) is 7.19. The molecule has 0 bridgehead atoms. The predicted octanol–water partition coefficient (Wildman–Crippen LogP) is 1.64. The van der Waals surface area contributed by atoms with Gasteiger partial charge in [-0.1, -0.05) is 0 Å². The van der Waals surface area contributed by atoms with Gasteiger partial charge in [0.2, 0.25) is 5.95 Å². The van der Waals surface area contributed by atoms with Gasteiger partial charge < -0.3 is 15.1 Å². The van der Waals surface area contributed by atoms with Crippen LogP contribution < -0.4 is 15.5 Å². The molecule has 6 rings (SSSR count). The maximum atomic E-state index is 12.7. The third-order valence-corrected chi connectivity index (χ3v) is 9.34. The first kappa shape index (κ1) is 29.0. The lowest BCUT2D eigenvalue weighted by atomic mass is 9.86. The molecular weight excluding hydrogens is 586 g/mol. The number of carbonyl (C=O) groups excluding carboxylic acids is 3. The molecule has 0 aromatic carbocycles. The number of aryl methyl sites for hydroxylation is 1. The van der Waals surface area contributed by atoms with E-state index in [9.17, 15) is 22.8 Å². The van der Waals surface area contributed by atoms with Crippen LogP contribution in [0.1, 0.15) is 34.6 Å². The summed E-state index contributed by atoms with van der Waals surface area (Å²) in [6.07, 6.45) is 6.67. The normalized spacial score (nSPS) is 16.4. The monoisotopic (exact) mass is 615 g/mol. The molecule has 4 aromatic heterocycles. The minimum Gasteiger partial charge on any atom is -0.346 e. The van der Waals surface area contributed by atoms with E-state index in [4.69, 9.17) is 9.97 Å². The average Bonchev–Trinajstić information content (AvgIpc) is 3.22. The molecule has 2 aliphatic rings. The molecule has 0 atom stereocenters. The van der Waals surface area contributed by atoms with Crippen LogP contribution in [0, 0.1) is 6.92 Å². The lowest BCUT2D eigenvalue weighted by Gasteiger charge is -2.40. The molecule has 4 aromatic rings. The number of aromatic nitrogens is 5. The quantitative estimate of drug-likeness (QED) is 0.301. The second-order valence-corrected chi connectivity index (χ2v) is 12.9. The lowest BCUT2D eigenvalue weighted by Crippen LogP contribution is -2.55. The first-order valence-electron chi connectivity index (χ1n) is 13.8. The summed E-state index contributed by atoms with van der Waals surface area (Å²) in [6.45, 7) is 2.68. The van der Waals surface area contributed by atoms with Gasteiger partial charge in [-0.15, -0.1) is 0 Å². The molecule has 0 unspecified atom stereocenters. The Labute approximate surface area is 252 Å². The number of nitrogens with one attached hydrogen (secondary N) is 2. The fraction of sp³-hybridized carbons (Fsp3) is 0.310. The molecule has 2 N–H and O–H groups in total. The number of nitrogens with zero attached hydrogens (tertiary/aromatic N) is 7. The molecule has 226 valence electrons. The molecule has 0 aliphatic carbocycles. The summed E-state index contributed by atoms with van der Waals surface area (Å²) in [5, 5.41) is 5.96. The smallest absolute Gasteiger partial charge is 0.324 e. The van der Waals surface area contributed by atoms with Crippen LogP contribution in [0.2, 0.25) is 0 Å². The number of anilines is 1. The average molecular weight is 616 g/mol. The van der Waals surface area contributed by atoms with Crippen LogP contribution in [0.5, 0.6) is 0 Å². The lowest BCUT2D eigenvalue weighted by molar-refractivity contribution is -0.127. The zero-order valence-electron chi connectivity index (χ0n) is 24.2.